The average Bonchev–Trinajstić information content (AvgIpc) is 2.47. The predicted octanol–water partition coefficient (Wildman–Crippen LogP) is 3.28. The molecule has 1 aromatic carbocycles. The number of hydrogen-bond acceptors (Lipinski definition) is 2. The Hall–Kier alpha value is -2.04. The largest absolute Gasteiger partial charge is 0.349 e. The van der Waals surface area contributed by atoms with E-state index in [1.165, 1.54) is 24.8 Å². The monoisotopic (exact) mass is 327 g/mol. The lowest BCUT2D eigenvalue weighted by Gasteiger charge is -2.50. The van der Waals surface area contributed by atoms with E-state index in [1.54, 1.807) is 0 Å². The summed E-state index contributed by atoms with van der Waals surface area (Å²) < 4.78 is 0. The van der Waals surface area contributed by atoms with Gasteiger partial charge in [0, 0.05) is 12.1 Å². The quantitative estimate of drug-likeness (QED) is 0.797. The number of carbonyl (C=O) groups excluding carboxylic acids is 2. The molecule has 3 aliphatic rings. The van der Waals surface area contributed by atoms with Gasteiger partial charge in [-0.2, -0.15) is 0 Å². The molecule has 1 heterocycles. The zero-order valence-electron chi connectivity index (χ0n) is 13.9. The third-order valence-corrected chi connectivity index (χ3v) is 6.01. The molecule has 2 aliphatic carbocycles. The van der Waals surface area contributed by atoms with Crippen LogP contribution in [-0.4, -0.2) is 23.5 Å². The van der Waals surface area contributed by atoms with E-state index in [1.807, 2.05) is 12.1 Å². The number of carbonyl (C=O) groups is 2. The Morgan fingerprint density at radius 2 is 1.83 bits per heavy atom. The second-order valence-electron chi connectivity index (χ2n) is 7.50. The van der Waals surface area contributed by atoms with Crippen molar-refractivity contribution in [3.8, 4) is 0 Å². The van der Waals surface area contributed by atoms with Gasteiger partial charge in [-0.25, -0.2) is 4.79 Å². The number of benzene rings is 1. The highest BCUT2D eigenvalue weighted by molar-refractivity contribution is 5.90. The first kappa shape index (κ1) is 15.5. The number of amides is 3. The second-order valence-corrected chi connectivity index (χ2v) is 7.50. The van der Waals surface area contributed by atoms with Crippen LogP contribution in [0.4, 0.5) is 10.5 Å². The molecular formula is C19H25N3O2. The van der Waals surface area contributed by atoms with Gasteiger partial charge in [-0.3, -0.25) is 4.79 Å². The fourth-order valence-corrected chi connectivity index (χ4v) is 4.13. The van der Waals surface area contributed by atoms with Crippen LogP contribution in [0.15, 0.2) is 24.3 Å². The topological polar surface area (TPSA) is 70.2 Å². The molecule has 1 saturated heterocycles. The third kappa shape index (κ3) is 2.87. The molecule has 0 aromatic heterocycles. The van der Waals surface area contributed by atoms with Crippen LogP contribution in [-0.2, 0) is 4.79 Å². The van der Waals surface area contributed by atoms with Crippen LogP contribution < -0.4 is 16.0 Å². The molecule has 0 unspecified atom stereocenters. The second kappa shape index (κ2) is 6.11. The van der Waals surface area contributed by atoms with Gasteiger partial charge in [0.15, 0.2) is 0 Å². The summed E-state index contributed by atoms with van der Waals surface area (Å²) in [5.41, 5.74) is 1.98. The van der Waals surface area contributed by atoms with Crippen LogP contribution >= 0.6 is 0 Å². The number of hydrogen-bond donors (Lipinski definition) is 3. The minimum absolute atomic E-state index is 0.0261. The molecule has 4 rings (SSSR count). The lowest BCUT2D eigenvalue weighted by atomic mass is 9.68. The van der Waals surface area contributed by atoms with E-state index in [-0.39, 0.29) is 23.5 Å². The van der Waals surface area contributed by atoms with Gasteiger partial charge in [0.05, 0.1) is 11.6 Å². The smallest absolute Gasteiger partial charge is 0.319 e. The number of nitrogens with one attached hydrogen (secondary N) is 3. The van der Waals surface area contributed by atoms with Crippen LogP contribution in [0.1, 0.15) is 62.8 Å². The molecule has 24 heavy (non-hydrogen) atoms. The molecule has 128 valence electrons. The molecule has 1 spiro atoms. The number of piperidine rings is 1. The number of anilines is 1. The Balaban J connectivity index is 1.35. The van der Waals surface area contributed by atoms with Crippen molar-refractivity contribution in [2.24, 2.45) is 0 Å². The third-order valence-electron chi connectivity index (χ3n) is 6.01. The van der Waals surface area contributed by atoms with Crippen LogP contribution in [0.25, 0.3) is 0 Å². The molecule has 3 fully saturated rings. The van der Waals surface area contributed by atoms with Gasteiger partial charge in [-0.15, -0.1) is 0 Å². The maximum Gasteiger partial charge on any atom is 0.319 e. The van der Waals surface area contributed by atoms with E-state index in [0.29, 0.717) is 12.3 Å². The van der Waals surface area contributed by atoms with Crippen molar-refractivity contribution < 1.29 is 9.59 Å². The van der Waals surface area contributed by atoms with E-state index in [0.717, 1.165) is 31.4 Å². The van der Waals surface area contributed by atoms with E-state index < -0.39 is 0 Å². The maximum atomic E-state index is 12.3. The zero-order valence-corrected chi connectivity index (χ0v) is 13.9. The van der Waals surface area contributed by atoms with Crippen molar-refractivity contribution in [1.29, 1.82) is 0 Å². The molecule has 3 amide bonds. The first-order valence-electron chi connectivity index (χ1n) is 9.13. The highest BCUT2D eigenvalue weighted by Crippen LogP contribution is 2.39. The minimum Gasteiger partial charge on any atom is -0.349 e. The fourth-order valence-electron chi connectivity index (χ4n) is 4.13. The van der Waals surface area contributed by atoms with E-state index in [9.17, 15) is 9.59 Å². The van der Waals surface area contributed by atoms with E-state index >= 15 is 0 Å². The maximum absolute atomic E-state index is 12.3. The number of rotatable bonds is 3. The summed E-state index contributed by atoms with van der Waals surface area (Å²) in [6.07, 6.45) is 8.13. The summed E-state index contributed by atoms with van der Waals surface area (Å²) in [4.78, 5) is 24.0. The molecule has 0 bridgehead atoms. The summed E-state index contributed by atoms with van der Waals surface area (Å²) in [5.74, 6) is 0.817. The van der Waals surface area contributed by atoms with Gasteiger partial charge in [-0.1, -0.05) is 18.6 Å². The lowest BCUT2D eigenvalue weighted by Crippen LogP contribution is -2.68. The van der Waals surface area contributed by atoms with Crippen LogP contribution in [0.5, 0.6) is 0 Å². The molecular weight excluding hydrogens is 302 g/mol. The zero-order chi connectivity index (χ0) is 16.6. The van der Waals surface area contributed by atoms with E-state index in [4.69, 9.17) is 0 Å². The number of urea groups is 1. The van der Waals surface area contributed by atoms with Gasteiger partial charge in [0.1, 0.15) is 0 Å². The van der Waals surface area contributed by atoms with Crippen LogP contribution in [0.3, 0.4) is 0 Å². The Morgan fingerprint density at radius 3 is 2.42 bits per heavy atom. The highest BCUT2D eigenvalue weighted by Gasteiger charge is 2.48. The van der Waals surface area contributed by atoms with Gasteiger partial charge >= 0.3 is 6.03 Å². The van der Waals surface area contributed by atoms with Gasteiger partial charge in [0.25, 0.3) is 0 Å². The predicted molar refractivity (Wildman–Crippen MR) is 92.9 cm³/mol. The molecule has 2 saturated carbocycles. The molecule has 1 aromatic rings. The Kier molecular flexibility index (Phi) is 3.94. The Morgan fingerprint density at radius 1 is 1.08 bits per heavy atom. The van der Waals surface area contributed by atoms with E-state index in [2.05, 4.69) is 28.1 Å². The van der Waals surface area contributed by atoms with Crippen LogP contribution in [0.2, 0.25) is 0 Å². The van der Waals surface area contributed by atoms with Crippen molar-refractivity contribution in [1.82, 2.24) is 10.6 Å². The van der Waals surface area contributed by atoms with Crippen molar-refractivity contribution in [2.75, 3.05) is 5.32 Å². The first-order valence-corrected chi connectivity index (χ1v) is 9.13. The molecule has 0 radical (unpaired) electrons. The lowest BCUT2D eigenvalue weighted by molar-refractivity contribution is -0.127. The van der Waals surface area contributed by atoms with Crippen molar-refractivity contribution in [3.05, 3.63) is 29.8 Å². The Bertz CT molecular complexity index is 633. The van der Waals surface area contributed by atoms with Crippen molar-refractivity contribution in [2.45, 2.75) is 68.9 Å². The summed E-state index contributed by atoms with van der Waals surface area (Å²) in [6.45, 7) is 0. The first-order chi connectivity index (χ1) is 11.6. The molecule has 5 heteroatoms. The SMILES string of the molecule is O=C1CC[C@H](NC(=O)Nc2ccc(C3CCC3)cc2)C2(CCC2)N1. The van der Waals surface area contributed by atoms with Crippen LogP contribution in [0, 0.1) is 0 Å². The summed E-state index contributed by atoms with van der Waals surface area (Å²) in [6, 6.07) is 8.04. The molecule has 1 aliphatic heterocycles. The van der Waals surface area contributed by atoms with Gasteiger partial charge in [-0.05, 0) is 62.1 Å². The molecule has 5 nitrogen and oxygen atoms in total. The highest BCUT2D eigenvalue weighted by atomic mass is 16.2. The standard InChI is InChI=1S/C19H25N3O2/c23-17-10-9-16(19(22-17)11-2-12-19)21-18(24)20-15-7-5-14(6-8-15)13-3-1-4-13/h5-8,13,16H,1-4,9-12H2,(H,22,23)(H2,20,21,24)/t16-/m0/s1. The normalized spacial score (nSPS) is 25.3. The van der Waals surface area contributed by atoms with Crippen molar-refractivity contribution in [3.63, 3.8) is 0 Å². The average molecular weight is 327 g/mol. The summed E-state index contributed by atoms with van der Waals surface area (Å²) in [7, 11) is 0. The van der Waals surface area contributed by atoms with Crippen molar-refractivity contribution >= 4 is 17.6 Å². The van der Waals surface area contributed by atoms with Gasteiger partial charge in [0.2, 0.25) is 5.91 Å². The molecule has 1 atom stereocenters. The minimum atomic E-state index is -0.208. The summed E-state index contributed by atoms with van der Waals surface area (Å²) >= 11 is 0. The Labute approximate surface area is 142 Å². The molecule has 3 N–H and O–H groups in total. The fraction of sp³-hybridized carbons (Fsp3) is 0.579. The van der Waals surface area contributed by atoms with Gasteiger partial charge < -0.3 is 16.0 Å². The summed E-state index contributed by atoms with van der Waals surface area (Å²) in [5, 5.41) is 9.10.